The van der Waals surface area contributed by atoms with Crippen molar-refractivity contribution < 1.29 is 4.79 Å². The van der Waals surface area contributed by atoms with Gasteiger partial charge in [-0.3, -0.25) is 4.79 Å². The largest absolute Gasteiger partial charge is 0.367 e. The SMILES string of the molecule is O=C(NCc1cc[nH]c1)C1CCNC1. The molecule has 1 aromatic heterocycles. The molecule has 4 nitrogen and oxygen atoms in total. The van der Waals surface area contributed by atoms with Gasteiger partial charge >= 0.3 is 0 Å². The van der Waals surface area contributed by atoms with Crippen molar-refractivity contribution in [1.29, 1.82) is 0 Å². The lowest BCUT2D eigenvalue weighted by Gasteiger charge is -2.08. The molecule has 1 aromatic rings. The molecule has 3 N–H and O–H groups in total. The average molecular weight is 193 g/mol. The van der Waals surface area contributed by atoms with Gasteiger partial charge in [0.1, 0.15) is 0 Å². The van der Waals surface area contributed by atoms with Crippen molar-refractivity contribution in [1.82, 2.24) is 15.6 Å². The molecule has 14 heavy (non-hydrogen) atoms. The second kappa shape index (κ2) is 4.28. The highest BCUT2D eigenvalue weighted by Crippen LogP contribution is 2.07. The Morgan fingerprint density at radius 1 is 1.64 bits per heavy atom. The number of aromatic amines is 1. The Balaban J connectivity index is 1.77. The van der Waals surface area contributed by atoms with Crippen molar-refractivity contribution in [2.75, 3.05) is 13.1 Å². The first-order valence-corrected chi connectivity index (χ1v) is 4.96. The molecule has 1 unspecified atom stereocenters. The molecule has 1 aliphatic heterocycles. The van der Waals surface area contributed by atoms with Gasteiger partial charge in [0.15, 0.2) is 0 Å². The van der Waals surface area contributed by atoms with E-state index < -0.39 is 0 Å². The van der Waals surface area contributed by atoms with Gasteiger partial charge in [0.05, 0.1) is 5.92 Å². The summed E-state index contributed by atoms with van der Waals surface area (Å²) in [4.78, 5) is 14.5. The smallest absolute Gasteiger partial charge is 0.224 e. The van der Waals surface area contributed by atoms with Gasteiger partial charge in [0.2, 0.25) is 5.91 Å². The van der Waals surface area contributed by atoms with Gasteiger partial charge < -0.3 is 15.6 Å². The summed E-state index contributed by atoms with van der Waals surface area (Å²) in [5.74, 6) is 0.324. The van der Waals surface area contributed by atoms with Crippen LogP contribution in [0.2, 0.25) is 0 Å². The molecule has 2 rings (SSSR count). The van der Waals surface area contributed by atoms with E-state index in [-0.39, 0.29) is 11.8 Å². The lowest BCUT2D eigenvalue weighted by atomic mass is 10.1. The van der Waals surface area contributed by atoms with Crippen LogP contribution >= 0.6 is 0 Å². The topological polar surface area (TPSA) is 56.9 Å². The van der Waals surface area contributed by atoms with Crippen molar-refractivity contribution in [3.8, 4) is 0 Å². The first kappa shape index (κ1) is 9.27. The lowest BCUT2D eigenvalue weighted by Crippen LogP contribution is -2.31. The van der Waals surface area contributed by atoms with Gasteiger partial charge in [-0.25, -0.2) is 0 Å². The highest BCUT2D eigenvalue weighted by atomic mass is 16.1. The molecule has 1 atom stereocenters. The molecule has 0 radical (unpaired) electrons. The minimum atomic E-state index is 0.161. The number of carbonyl (C=O) groups is 1. The van der Waals surface area contributed by atoms with E-state index in [9.17, 15) is 4.79 Å². The molecule has 0 aromatic carbocycles. The standard InChI is InChI=1S/C10H15N3O/c14-10(9-2-4-12-7-9)13-6-8-1-3-11-5-8/h1,3,5,9,11-12H,2,4,6-7H2,(H,13,14). The molecule has 0 spiro atoms. The van der Waals surface area contributed by atoms with E-state index in [2.05, 4.69) is 15.6 Å². The monoisotopic (exact) mass is 193 g/mol. The zero-order chi connectivity index (χ0) is 9.80. The van der Waals surface area contributed by atoms with Gasteiger partial charge in [-0.2, -0.15) is 0 Å². The predicted molar refractivity (Wildman–Crippen MR) is 53.6 cm³/mol. The predicted octanol–water partition coefficient (Wildman–Crippen LogP) is 0.240. The number of amides is 1. The molecule has 1 fully saturated rings. The van der Waals surface area contributed by atoms with Crippen LogP contribution in [0.25, 0.3) is 0 Å². The fourth-order valence-electron chi connectivity index (χ4n) is 1.68. The Labute approximate surface area is 83.1 Å². The average Bonchev–Trinajstić information content (AvgIpc) is 2.87. The number of nitrogens with one attached hydrogen (secondary N) is 3. The number of aromatic nitrogens is 1. The van der Waals surface area contributed by atoms with Crippen LogP contribution in [-0.2, 0) is 11.3 Å². The van der Waals surface area contributed by atoms with Crippen LogP contribution in [0.4, 0.5) is 0 Å². The summed E-state index contributed by atoms with van der Waals surface area (Å²) >= 11 is 0. The minimum Gasteiger partial charge on any atom is -0.367 e. The normalized spacial score (nSPS) is 21.0. The van der Waals surface area contributed by atoms with E-state index in [1.165, 1.54) is 0 Å². The molecule has 0 bridgehead atoms. The zero-order valence-electron chi connectivity index (χ0n) is 8.05. The van der Waals surface area contributed by atoms with Crippen LogP contribution in [0.15, 0.2) is 18.5 Å². The van der Waals surface area contributed by atoms with Crippen LogP contribution in [-0.4, -0.2) is 24.0 Å². The van der Waals surface area contributed by atoms with Gasteiger partial charge in [-0.1, -0.05) is 0 Å². The molecule has 1 aliphatic rings. The Kier molecular flexibility index (Phi) is 2.84. The van der Waals surface area contributed by atoms with E-state index in [0.29, 0.717) is 6.54 Å². The zero-order valence-corrected chi connectivity index (χ0v) is 8.05. The highest BCUT2D eigenvalue weighted by molar-refractivity contribution is 5.79. The molecule has 4 heteroatoms. The first-order chi connectivity index (χ1) is 6.86. The van der Waals surface area contributed by atoms with Gasteiger partial charge in [-0.15, -0.1) is 0 Å². The third kappa shape index (κ3) is 2.14. The van der Waals surface area contributed by atoms with Crippen LogP contribution in [0, 0.1) is 5.92 Å². The third-order valence-electron chi connectivity index (χ3n) is 2.56. The molecular weight excluding hydrogens is 178 g/mol. The van der Waals surface area contributed by atoms with Crippen LogP contribution in [0.1, 0.15) is 12.0 Å². The van der Waals surface area contributed by atoms with Crippen molar-refractivity contribution in [2.24, 2.45) is 5.92 Å². The summed E-state index contributed by atoms with van der Waals surface area (Å²) in [5, 5.41) is 6.11. The van der Waals surface area contributed by atoms with Crippen LogP contribution in [0.3, 0.4) is 0 Å². The minimum absolute atomic E-state index is 0.161. The third-order valence-corrected chi connectivity index (χ3v) is 2.56. The maximum absolute atomic E-state index is 11.6. The summed E-state index contributed by atoms with van der Waals surface area (Å²) in [6, 6.07) is 1.97. The summed E-state index contributed by atoms with van der Waals surface area (Å²) in [6.45, 7) is 2.40. The number of carbonyl (C=O) groups excluding carboxylic acids is 1. The summed E-state index contributed by atoms with van der Waals surface area (Å²) in [7, 11) is 0. The molecule has 1 amide bonds. The Morgan fingerprint density at radius 2 is 2.57 bits per heavy atom. The van der Waals surface area contributed by atoms with E-state index in [1.807, 2.05) is 18.5 Å². The maximum Gasteiger partial charge on any atom is 0.224 e. The molecule has 76 valence electrons. The fraction of sp³-hybridized carbons (Fsp3) is 0.500. The van der Waals surface area contributed by atoms with Gasteiger partial charge in [0, 0.05) is 25.5 Å². The van der Waals surface area contributed by atoms with Crippen molar-refractivity contribution in [3.05, 3.63) is 24.0 Å². The van der Waals surface area contributed by atoms with Crippen molar-refractivity contribution >= 4 is 5.91 Å². The molecule has 1 saturated heterocycles. The Morgan fingerprint density at radius 3 is 3.21 bits per heavy atom. The highest BCUT2D eigenvalue weighted by Gasteiger charge is 2.21. The van der Waals surface area contributed by atoms with Crippen molar-refractivity contribution in [3.63, 3.8) is 0 Å². The van der Waals surface area contributed by atoms with E-state index in [1.54, 1.807) is 0 Å². The molecule has 0 aliphatic carbocycles. The number of H-pyrrole nitrogens is 1. The second-order valence-electron chi connectivity index (χ2n) is 3.63. The number of hydrogen-bond donors (Lipinski definition) is 3. The Hall–Kier alpha value is -1.29. The van der Waals surface area contributed by atoms with Gasteiger partial charge in [0.25, 0.3) is 0 Å². The second-order valence-corrected chi connectivity index (χ2v) is 3.63. The summed E-state index contributed by atoms with van der Waals surface area (Å²) in [5.41, 5.74) is 1.12. The van der Waals surface area contributed by atoms with E-state index >= 15 is 0 Å². The molecule has 2 heterocycles. The van der Waals surface area contributed by atoms with E-state index in [0.717, 1.165) is 25.1 Å². The maximum atomic E-state index is 11.6. The number of rotatable bonds is 3. The van der Waals surface area contributed by atoms with E-state index in [4.69, 9.17) is 0 Å². The summed E-state index contributed by atoms with van der Waals surface area (Å²) < 4.78 is 0. The van der Waals surface area contributed by atoms with Crippen LogP contribution < -0.4 is 10.6 Å². The Bertz CT molecular complexity index is 288. The van der Waals surface area contributed by atoms with Gasteiger partial charge in [-0.05, 0) is 24.6 Å². The fourth-order valence-corrected chi connectivity index (χ4v) is 1.68. The van der Waals surface area contributed by atoms with Crippen molar-refractivity contribution in [2.45, 2.75) is 13.0 Å². The lowest BCUT2D eigenvalue weighted by molar-refractivity contribution is -0.124. The quantitative estimate of drug-likeness (QED) is 0.644. The number of hydrogen-bond acceptors (Lipinski definition) is 2. The summed E-state index contributed by atoms with van der Waals surface area (Å²) in [6.07, 6.45) is 4.71. The van der Waals surface area contributed by atoms with Crippen LogP contribution in [0.5, 0.6) is 0 Å². The molecular formula is C10H15N3O. The molecule has 0 saturated carbocycles. The first-order valence-electron chi connectivity index (χ1n) is 4.96.